The van der Waals surface area contributed by atoms with Gasteiger partial charge in [-0.05, 0) is 29.8 Å². The fourth-order valence-electron chi connectivity index (χ4n) is 4.32. The Morgan fingerprint density at radius 3 is 2.48 bits per heavy atom. The van der Waals surface area contributed by atoms with Crippen LogP contribution in [0.15, 0.2) is 60.8 Å². The largest absolute Gasteiger partial charge is 0.490 e. The first-order valence-electron chi connectivity index (χ1n) is 10.9. The summed E-state index contributed by atoms with van der Waals surface area (Å²) in [5.41, 5.74) is 3.07. The molecule has 1 aromatic heterocycles. The van der Waals surface area contributed by atoms with Crippen molar-refractivity contribution in [1.82, 2.24) is 9.88 Å². The molecular weight excluding hydrogens is 450 g/mol. The topological polar surface area (TPSA) is 51.7 Å². The van der Waals surface area contributed by atoms with Gasteiger partial charge >= 0.3 is 0 Å². The Bertz CT molecular complexity index is 1120. The van der Waals surface area contributed by atoms with E-state index in [-0.39, 0.29) is 24.4 Å². The van der Waals surface area contributed by atoms with Crippen molar-refractivity contribution in [2.24, 2.45) is 0 Å². The van der Waals surface area contributed by atoms with Gasteiger partial charge in [0.2, 0.25) is 0 Å². The van der Waals surface area contributed by atoms with Crippen LogP contribution < -0.4 is 4.74 Å². The molecule has 0 saturated carbocycles. The number of para-hydroxylation sites is 1. The van der Waals surface area contributed by atoms with Crippen LogP contribution in [0.4, 0.5) is 8.78 Å². The van der Waals surface area contributed by atoms with Crippen molar-refractivity contribution in [3.63, 3.8) is 0 Å². The Hall–Kier alpha value is -2.77. The summed E-state index contributed by atoms with van der Waals surface area (Å²) in [4.78, 5) is 18.6. The van der Waals surface area contributed by atoms with Gasteiger partial charge in [-0.15, -0.1) is 12.4 Å². The highest BCUT2D eigenvalue weighted by molar-refractivity contribution is 5.85. The average molecular weight is 475 g/mol. The highest BCUT2D eigenvalue weighted by Crippen LogP contribution is 2.31. The average Bonchev–Trinajstić information content (AvgIpc) is 3.19. The molecule has 8 heteroatoms. The summed E-state index contributed by atoms with van der Waals surface area (Å²) in [6.07, 6.45) is 1.62. The molecule has 1 atom stereocenters. The van der Waals surface area contributed by atoms with Crippen LogP contribution in [0.5, 0.6) is 5.75 Å². The zero-order chi connectivity index (χ0) is 22.1. The zero-order valence-electron chi connectivity index (χ0n) is 18.0. The predicted molar refractivity (Wildman–Crippen MR) is 124 cm³/mol. The number of carbonyl (C=O) groups is 1. The molecule has 2 fully saturated rings. The summed E-state index contributed by atoms with van der Waals surface area (Å²) in [6.45, 7) is 0.291. The highest BCUT2D eigenvalue weighted by atomic mass is 35.5. The number of halogens is 3. The normalized spacial score (nSPS) is 20.4. The number of likely N-dealkylation sites (tertiary alicyclic amines) is 1. The first-order valence-corrected chi connectivity index (χ1v) is 10.9. The lowest BCUT2D eigenvalue weighted by atomic mass is 10.0. The fraction of sp³-hybridized carbons (Fsp3) is 0.360. The first kappa shape index (κ1) is 23.4. The number of amides is 1. The molecular formula is C25H25ClF2N2O3. The van der Waals surface area contributed by atoms with Crippen LogP contribution in [-0.4, -0.2) is 53.6 Å². The van der Waals surface area contributed by atoms with Crippen molar-refractivity contribution < 1.29 is 23.0 Å². The van der Waals surface area contributed by atoms with E-state index in [4.69, 9.17) is 9.47 Å². The number of carbonyl (C=O) groups excluding carboxylic acids is 1. The molecule has 174 valence electrons. The number of alkyl halides is 2. The Labute approximate surface area is 197 Å². The minimum Gasteiger partial charge on any atom is -0.490 e. The second-order valence-corrected chi connectivity index (χ2v) is 8.44. The van der Waals surface area contributed by atoms with Crippen LogP contribution in [0, 0.1) is 0 Å². The van der Waals surface area contributed by atoms with E-state index in [2.05, 4.69) is 11.1 Å². The fourth-order valence-corrected chi connectivity index (χ4v) is 4.32. The Morgan fingerprint density at radius 2 is 1.79 bits per heavy atom. The van der Waals surface area contributed by atoms with Crippen molar-refractivity contribution in [2.75, 3.05) is 19.7 Å². The molecule has 0 aliphatic carbocycles. The molecule has 3 aromatic rings. The van der Waals surface area contributed by atoms with Gasteiger partial charge in [-0.3, -0.25) is 9.78 Å². The van der Waals surface area contributed by atoms with E-state index in [0.29, 0.717) is 25.9 Å². The molecule has 0 N–H and O–H groups in total. The van der Waals surface area contributed by atoms with Crippen LogP contribution in [0.3, 0.4) is 0 Å². The number of piperidine rings is 1. The van der Waals surface area contributed by atoms with Crippen LogP contribution in [0.2, 0.25) is 0 Å². The lowest BCUT2D eigenvalue weighted by molar-refractivity contribution is -0.142. The quantitative estimate of drug-likeness (QED) is 0.527. The van der Waals surface area contributed by atoms with Crippen molar-refractivity contribution in [1.29, 1.82) is 0 Å². The summed E-state index contributed by atoms with van der Waals surface area (Å²) in [6, 6.07) is 18.0. The molecule has 33 heavy (non-hydrogen) atoms. The van der Waals surface area contributed by atoms with Crippen LogP contribution in [0.25, 0.3) is 22.0 Å². The molecule has 2 aliphatic rings. The van der Waals surface area contributed by atoms with Gasteiger partial charge in [0.25, 0.3) is 11.8 Å². The van der Waals surface area contributed by atoms with E-state index in [1.165, 1.54) is 0 Å². The smallest absolute Gasteiger partial charge is 0.274 e. The third-order valence-electron chi connectivity index (χ3n) is 6.09. The van der Waals surface area contributed by atoms with Gasteiger partial charge in [0.15, 0.2) is 0 Å². The molecule has 1 amide bonds. The second kappa shape index (κ2) is 9.61. The van der Waals surface area contributed by atoms with E-state index >= 15 is 0 Å². The summed E-state index contributed by atoms with van der Waals surface area (Å²) in [5, 5.41) is 1.10. The minimum absolute atomic E-state index is 0. The van der Waals surface area contributed by atoms with E-state index in [1.807, 2.05) is 54.7 Å². The second-order valence-electron chi connectivity index (χ2n) is 8.44. The van der Waals surface area contributed by atoms with Crippen molar-refractivity contribution in [2.45, 2.75) is 37.4 Å². The van der Waals surface area contributed by atoms with Crippen molar-refractivity contribution in [3.05, 3.63) is 60.8 Å². The Balaban J connectivity index is 0.00000259. The highest BCUT2D eigenvalue weighted by Gasteiger charge is 2.45. The number of hydrogen-bond acceptors (Lipinski definition) is 4. The molecule has 3 heterocycles. The third kappa shape index (κ3) is 5.25. The van der Waals surface area contributed by atoms with Crippen molar-refractivity contribution >= 4 is 29.2 Å². The van der Waals surface area contributed by atoms with Gasteiger partial charge in [0.05, 0.1) is 5.52 Å². The molecule has 0 bridgehead atoms. The number of nitrogens with zero attached hydrogens (tertiary/aromatic N) is 2. The van der Waals surface area contributed by atoms with Crippen LogP contribution in [-0.2, 0) is 9.53 Å². The zero-order valence-corrected chi connectivity index (χ0v) is 18.8. The van der Waals surface area contributed by atoms with Gasteiger partial charge in [0.1, 0.15) is 24.6 Å². The third-order valence-corrected chi connectivity index (χ3v) is 6.09. The summed E-state index contributed by atoms with van der Waals surface area (Å²) >= 11 is 0. The number of ether oxygens (including phenoxy) is 2. The lowest BCUT2D eigenvalue weighted by Crippen LogP contribution is -2.46. The van der Waals surface area contributed by atoms with Gasteiger partial charge in [0, 0.05) is 49.5 Å². The maximum Gasteiger partial charge on any atom is 0.274 e. The molecule has 5 rings (SSSR count). The summed E-state index contributed by atoms with van der Waals surface area (Å²) < 4.78 is 37.7. The van der Waals surface area contributed by atoms with Crippen molar-refractivity contribution in [3.8, 4) is 16.9 Å². The minimum atomic E-state index is -2.91. The molecule has 2 aliphatic heterocycles. The predicted octanol–water partition coefficient (Wildman–Crippen LogP) is 5.12. The summed E-state index contributed by atoms with van der Waals surface area (Å²) in [7, 11) is 0. The maximum absolute atomic E-state index is 13.3. The number of fused-ring (bicyclic) bond motifs is 1. The van der Waals surface area contributed by atoms with Gasteiger partial charge < -0.3 is 14.4 Å². The van der Waals surface area contributed by atoms with E-state index in [9.17, 15) is 13.6 Å². The maximum atomic E-state index is 13.3. The SMILES string of the molecule is Cl.O=C(C1CC(F)(F)CO1)N1CCC(Oc2ccc(-c3cnc4ccccc4c3)cc2)CC1. The number of benzene rings is 2. The first-order chi connectivity index (χ1) is 15.5. The molecule has 5 nitrogen and oxygen atoms in total. The molecule has 2 aromatic carbocycles. The van der Waals surface area contributed by atoms with Crippen LogP contribution >= 0.6 is 12.4 Å². The number of aromatic nitrogens is 1. The molecule has 1 unspecified atom stereocenters. The Morgan fingerprint density at radius 1 is 1.06 bits per heavy atom. The number of hydrogen-bond donors (Lipinski definition) is 0. The molecule has 2 saturated heterocycles. The van der Waals surface area contributed by atoms with E-state index in [1.54, 1.807) is 4.90 Å². The van der Waals surface area contributed by atoms with Crippen LogP contribution in [0.1, 0.15) is 19.3 Å². The lowest BCUT2D eigenvalue weighted by Gasteiger charge is -2.33. The summed E-state index contributed by atoms with van der Waals surface area (Å²) in [5.74, 6) is -2.48. The van der Waals surface area contributed by atoms with Gasteiger partial charge in [-0.25, -0.2) is 8.78 Å². The van der Waals surface area contributed by atoms with E-state index in [0.717, 1.165) is 27.8 Å². The monoisotopic (exact) mass is 474 g/mol. The number of pyridine rings is 1. The Kier molecular flexibility index (Phi) is 6.81. The molecule has 0 spiro atoms. The standard InChI is InChI=1S/C25H24F2N2O3.ClH/c26-25(27)14-23(31-16-25)24(30)29-11-9-21(10-12-29)32-20-7-5-17(6-8-20)19-13-18-3-1-2-4-22(18)28-15-19;/h1-8,13,15,21,23H,9-12,14,16H2;1H. The molecule has 0 radical (unpaired) electrons. The number of rotatable bonds is 4. The van der Waals surface area contributed by atoms with Gasteiger partial charge in [-0.2, -0.15) is 0 Å². The van der Waals surface area contributed by atoms with E-state index < -0.39 is 25.1 Å². The van der Waals surface area contributed by atoms with Gasteiger partial charge in [-0.1, -0.05) is 30.3 Å².